The van der Waals surface area contributed by atoms with Gasteiger partial charge < -0.3 is 30.5 Å². The highest BCUT2D eigenvalue weighted by molar-refractivity contribution is 5.96. The first-order chi connectivity index (χ1) is 24.7. The second kappa shape index (κ2) is 17.6. The second-order valence-corrected chi connectivity index (χ2v) is 18.3. The molecule has 8 atom stereocenters. The highest BCUT2D eigenvalue weighted by atomic mass is 16.7. The molecule has 53 heavy (non-hydrogen) atoms. The Balaban J connectivity index is 1.72. The van der Waals surface area contributed by atoms with Crippen LogP contribution in [0.5, 0.6) is 5.75 Å². The maximum absolute atomic E-state index is 14.1. The smallest absolute Gasteiger partial charge is 0.251 e. The highest BCUT2D eigenvalue weighted by Gasteiger charge is 2.50. The number of carbonyl (C=O) groups is 2. The lowest BCUT2D eigenvalue weighted by Gasteiger charge is -2.36. The normalized spacial score (nSPS) is 25.3. The molecule has 1 saturated carbocycles. The summed E-state index contributed by atoms with van der Waals surface area (Å²) >= 11 is 0. The van der Waals surface area contributed by atoms with Crippen LogP contribution in [0.4, 0.5) is 0 Å². The Morgan fingerprint density at radius 3 is 2.36 bits per heavy atom. The van der Waals surface area contributed by atoms with E-state index in [1.165, 1.54) is 0 Å². The summed E-state index contributed by atoms with van der Waals surface area (Å²) in [5, 5.41) is 29.5. The van der Waals surface area contributed by atoms with Gasteiger partial charge in [-0.3, -0.25) is 14.4 Å². The lowest BCUT2D eigenvalue weighted by Crippen LogP contribution is -2.53. The minimum Gasteiger partial charge on any atom is -0.496 e. The van der Waals surface area contributed by atoms with Crippen LogP contribution in [-0.4, -0.2) is 96.7 Å². The van der Waals surface area contributed by atoms with Gasteiger partial charge in [0.15, 0.2) is 0 Å². The molecule has 10 heteroatoms. The van der Waals surface area contributed by atoms with E-state index in [0.29, 0.717) is 23.1 Å². The van der Waals surface area contributed by atoms with Crippen LogP contribution in [0.2, 0.25) is 0 Å². The molecule has 0 bridgehead atoms. The molecule has 0 unspecified atom stereocenters. The molecule has 1 saturated heterocycles. The number of para-hydroxylation sites is 1. The van der Waals surface area contributed by atoms with Crippen molar-refractivity contribution < 1.29 is 29.4 Å². The van der Waals surface area contributed by atoms with Crippen LogP contribution >= 0.6 is 0 Å². The van der Waals surface area contributed by atoms with Crippen molar-refractivity contribution in [3.63, 3.8) is 0 Å². The molecule has 2 aromatic carbocycles. The van der Waals surface area contributed by atoms with Gasteiger partial charge in [-0.25, -0.2) is 0 Å². The van der Waals surface area contributed by atoms with Crippen molar-refractivity contribution in [2.24, 2.45) is 23.2 Å². The van der Waals surface area contributed by atoms with Crippen LogP contribution < -0.4 is 15.4 Å². The molecule has 296 valence electrons. The number of nitrogens with one attached hydrogen (secondary N) is 2. The Morgan fingerprint density at radius 1 is 1.08 bits per heavy atom. The molecule has 4 N–H and O–H groups in total. The molecular weight excluding hydrogens is 668 g/mol. The monoisotopic (exact) mass is 737 g/mol. The number of aliphatic hydroxyl groups excluding tert-OH is 2. The van der Waals surface area contributed by atoms with Crippen molar-refractivity contribution in [2.75, 3.05) is 34.4 Å². The topological polar surface area (TPSA) is 124 Å². The molecule has 0 spiro atoms. The van der Waals surface area contributed by atoms with Gasteiger partial charge in [0.25, 0.3) is 5.91 Å². The SMILES string of the molecule is COc1c(CN2O[C@@H](CO)[C@H]([C@H](C)O)[C@H]2C(=O)N[C@H]2CCC[C@@H](C)[C@@H]2C)cccc1-c1cc(C(=O)N[C@H](CN(C)C)CC(C)(C)C)cc(C(C)(C)C)c1. The van der Waals surface area contributed by atoms with Crippen LogP contribution in [0, 0.1) is 23.2 Å². The van der Waals surface area contributed by atoms with Crippen LogP contribution in [0.25, 0.3) is 11.1 Å². The molecule has 2 aliphatic rings. The summed E-state index contributed by atoms with van der Waals surface area (Å²) in [5.74, 6) is 0.462. The Kier molecular flexibility index (Phi) is 14.2. The number of carbonyl (C=O) groups excluding carboxylic acids is 2. The maximum Gasteiger partial charge on any atom is 0.251 e. The van der Waals surface area contributed by atoms with E-state index in [9.17, 15) is 19.8 Å². The van der Waals surface area contributed by atoms with Crippen molar-refractivity contribution in [3.8, 4) is 16.9 Å². The third-order valence-corrected chi connectivity index (χ3v) is 11.2. The van der Waals surface area contributed by atoms with Crippen LogP contribution in [0.3, 0.4) is 0 Å². The van der Waals surface area contributed by atoms with E-state index in [1.54, 1.807) is 19.1 Å². The van der Waals surface area contributed by atoms with E-state index >= 15 is 0 Å². The van der Waals surface area contributed by atoms with Crippen molar-refractivity contribution >= 4 is 11.8 Å². The standard InChI is InChI=1S/C43H68N4O6/c1-26-15-13-18-35(27(26)2)45-41(51)38-37(28(3)49)36(25-48)53-47(38)23-29-16-14-17-34(39(29)52-12)30-19-31(21-32(20-30)43(7,8)9)40(50)44-33(24-46(10)11)22-42(4,5)6/h14,16-17,19-21,26-28,33,35-38,48-49H,13,15,18,22-25H2,1-12H3,(H,44,50)(H,45,51)/t26-,27+,28+,33+,35+,36+,37+,38+/m1/s1. The molecule has 0 radical (unpaired) electrons. The van der Waals surface area contributed by atoms with Gasteiger partial charge in [0.05, 0.1) is 26.4 Å². The third kappa shape index (κ3) is 10.8. The fourth-order valence-corrected chi connectivity index (χ4v) is 8.23. The molecule has 10 nitrogen and oxygen atoms in total. The number of likely N-dealkylation sites (N-methyl/N-ethyl adjacent to an activating group) is 1. The summed E-state index contributed by atoms with van der Waals surface area (Å²) in [4.78, 5) is 36.5. The Morgan fingerprint density at radius 2 is 1.77 bits per heavy atom. The number of methoxy groups -OCH3 is 1. The number of hydroxylamine groups is 2. The zero-order chi connectivity index (χ0) is 39.4. The number of amides is 2. The Bertz CT molecular complexity index is 1550. The van der Waals surface area contributed by atoms with Gasteiger partial charge in [-0.05, 0) is 79.8 Å². The van der Waals surface area contributed by atoms with Crippen molar-refractivity contribution in [1.29, 1.82) is 0 Å². The lowest BCUT2D eigenvalue weighted by atomic mass is 9.77. The van der Waals surface area contributed by atoms with E-state index in [0.717, 1.165) is 54.5 Å². The maximum atomic E-state index is 14.1. The molecule has 4 rings (SSSR count). The summed E-state index contributed by atoms with van der Waals surface area (Å²) < 4.78 is 6.11. The van der Waals surface area contributed by atoms with Crippen LogP contribution in [-0.2, 0) is 21.6 Å². The first-order valence-corrected chi connectivity index (χ1v) is 19.5. The first kappa shape index (κ1) is 42.7. The summed E-state index contributed by atoms with van der Waals surface area (Å²) in [6.45, 7) is 19.6. The fourth-order valence-electron chi connectivity index (χ4n) is 8.23. The summed E-state index contributed by atoms with van der Waals surface area (Å²) in [6.07, 6.45) is 2.30. The van der Waals surface area contributed by atoms with Gasteiger partial charge in [0.1, 0.15) is 17.9 Å². The van der Waals surface area contributed by atoms with Gasteiger partial charge in [0.2, 0.25) is 5.91 Å². The predicted molar refractivity (Wildman–Crippen MR) is 212 cm³/mol. The first-order valence-electron chi connectivity index (χ1n) is 19.5. The molecule has 0 aromatic heterocycles. The van der Waals surface area contributed by atoms with Gasteiger partial charge >= 0.3 is 0 Å². The third-order valence-electron chi connectivity index (χ3n) is 11.2. The molecule has 1 heterocycles. The van der Waals surface area contributed by atoms with E-state index in [1.807, 2.05) is 44.4 Å². The largest absolute Gasteiger partial charge is 0.496 e. The number of hydrogen-bond acceptors (Lipinski definition) is 8. The van der Waals surface area contributed by atoms with Gasteiger partial charge in [-0.15, -0.1) is 0 Å². The summed E-state index contributed by atoms with van der Waals surface area (Å²) in [7, 11) is 5.67. The molecule has 1 aliphatic heterocycles. The molecule has 1 aliphatic carbocycles. The number of rotatable bonds is 13. The molecular formula is C43H68N4O6. The van der Waals surface area contributed by atoms with E-state index in [2.05, 4.69) is 77.0 Å². The Hall–Kier alpha value is -3.02. The number of benzene rings is 2. The quantitative estimate of drug-likeness (QED) is 0.193. The predicted octanol–water partition coefficient (Wildman–Crippen LogP) is 6.17. The minimum atomic E-state index is -0.894. The van der Waals surface area contributed by atoms with Crippen molar-refractivity contribution in [1.82, 2.24) is 20.6 Å². The van der Waals surface area contributed by atoms with Crippen molar-refractivity contribution in [3.05, 3.63) is 53.1 Å². The van der Waals surface area contributed by atoms with Crippen LogP contribution in [0.1, 0.15) is 109 Å². The number of ether oxygens (including phenoxy) is 1. The molecule has 2 aromatic rings. The van der Waals surface area contributed by atoms with Crippen LogP contribution in [0.15, 0.2) is 36.4 Å². The fraction of sp³-hybridized carbons (Fsp3) is 0.674. The summed E-state index contributed by atoms with van der Waals surface area (Å²) in [5.41, 5.74) is 3.82. The lowest BCUT2D eigenvalue weighted by molar-refractivity contribution is -0.182. The van der Waals surface area contributed by atoms with Crippen molar-refractivity contribution in [2.45, 2.75) is 130 Å². The summed E-state index contributed by atoms with van der Waals surface area (Å²) in [6, 6.07) is 11.1. The average molecular weight is 737 g/mol. The zero-order valence-corrected chi connectivity index (χ0v) is 34.5. The number of hydrogen-bond donors (Lipinski definition) is 4. The van der Waals surface area contributed by atoms with E-state index < -0.39 is 24.2 Å². The van der Waals surface area contributed by atoms with Gasteiger partial charge in [-0.2, -0.15) is 5.06 Å². The highest BCUT2D eigenvalue weighted by Crippen LogP contribution is 2.40. The number of nitrogens with zero attached hydrogens (tertiary/aromatic N) is 2. The molecule has 2 fully saturated rings. The average Bonchev–Trinajstić information content (AvgIpc) is 3.43. The number of aliphatic hydroxyl groups is 2. The Labute approximate surface area is 319 Å². The van der Waals surface area contributed by atoms with Gasteiger partial charge in [-0.1, -0.05) is 92.5 Å². The second-order valence-electron chi connectivity index (χ2n) is 18.3. The van der Waals surface area contributed by atoms with Gasteiger partial charge in [0, 0.05) is 41.2 Å². The molecule has 2 amide bonds. The van der Waals surface area contributed by atoms with E-state index in [-0.39, 0.29) is 47.9 Å². The minimum absolute atomic E-state index is 0.0272. The zero-order valence-electron chi connectivity index (χ0n) is 34.5. The van der Waals surface area contributed by atoms with E-state index in [4.69, 9.17) is 9.57 Å².